The van der Waals surface area contributed by atoms with Crippen molar-refractivity contribution in [3.8, 4) is 0 Å². The Kier molecular flexibility index (Phi) is 3.63. The molecule has 0 aromatic carbocycles. The molecule has 0 atom stereocenters. The van der Waals surface area contributed by atoms with Gasteiger partial charge in [0.2, 0.25) is 0 Å². The number of carbonyl (C=O) groups is 1. The highest BCUT2D eigenvalue weighted by Crippen LogP contribution is 2.22. The summed E-state index contributed by atoms with van der Waals surface area (Å²) < 4.78 is 0. The van der Waals surface area contributed by atoms with Crippen LogP contribution in [0.25, 0.3) is 0 Å². The van der Waals surface area contributed by atoms with Crippen molar-refractivity contribution in [3.05, 3.63) is 29.6 Å². The SMILES string of the molecule is CC1(O)CCN(Cc2cccc(C(=O)O)n2)CC1. The van der Waals surface area contributed by atoms with Gasteiger partial charge in [0.1, 0.15) is 5.69 Å². The van der Waals surface area contributed by atoms with Gasteiger partial charge in [-0.2, -0.15) is 0 Å². The first kappa shape index (κ1) is 13.0. The Morgan fingerprint density at radius 3 is 2.72 bits per heavy atom. The minimum Gasteiger partial charge on any atom is -0.477 e. The zero-order chi connectivity index (χ0) is 13.2. The molecule has 0 spiro atoms. The maximum absolute atomic E-state index is 10.8. The van der Waals surface area contributed by atoms with E-state index >= 15 is 0 Å². The molecule has 1 aromatic heterocycles. The molecule has 0 bridgehead atoms. The summed E-state index contributed by atoms with van der Waals surface area (Å²) >= 11 is 0. The molecule has 1 aliphatic heterocycles. The van der Waals surface area contributed by atoms with Crippen molar-refractivity contribution in [2.24, 2.45) is 0 Å². The molecular weight excluding hydrogens is 232 g/mol. The van der Waals surface area contributed by atoms with Gasteiger partial charge in [-0.3, -0.25) is 4.90 Å². The molecule has 2 N–H and O–H groups in total. The number of aliphatic hydroxyl groups is 1. The topological polar surface area (TPSA) is 73.7 Å². The van der Waals surface area contributed by atoms with Gasteiger partial charge >= 0.3 is 5.97 Å². The number of rotatable bonds is 3. The molecular formula is C13H18N2O3. The second-order valence-corrected chi connectivity index (χ2v) is 5.09. The highest BCUT2D eigenvalue weighted by Gasteiger charge is 2.27. The first-order chi connectivity index (χ1) is 8.46. The number of aromatic nitrogens is 1. The summed E-state index contributed by atoms with van der Waals surface area (Å²) in [5.41, 5.74) is 0.278. The second-order valence-electron chi connectivity index (χ2n) is 5.09. The van der Waals surface area contributed by atoms with Crippen LogP contribution >= 0.6 is 0 Å². The number of nitrogens with zero attached hydrogens (tertiary/aromatic N) is 2. The van der Waals surface area contributed by atoms with Crippen molar-refractivity contribution in [1.82, 2.24) is 9.88 Å². The maximum atomic E-state index is 10.8. The number of pyridine rings is 1. The third kappa shape index (κ3) is 3.27. The standard InChI is InChI=1S/C13H18N2O3/c1-13(18)5-7-15(8-6-13)9-10-3-2-4-11(14-10)12(16)17/h2-4,18H,5-9H2,1H3,(H,16,17). The number of piperidine rings is 1. The van der Waals surface area contributed by atoms with Crippen molar-refractivity contribution >= 4 is 5.97 Å². The van der Waals surface area contributed by atoms with E-state index < -0.39 is 11.6 Å². The van der Waals surface area contributed by atoms with Crippen molar-refractivity contribution < 1.29 is 15.0 Å². The summed E-state index contributed by atoms with van der Waals surface area (Å²) in [6.07, 6.45) is 1.48. The van der Waals surface area contributed by atoms with Gasteiger partial charge in [0.15, 0.2) is 0 Å². The molecule has 5 nitrogen and oxygen atoms in total. The zero-order valence-corrected chi connectivity index (χ0v) is 10.5. The van der Waals surface area contributed by atoms with Crippen molar-refractivity contribution in [2.45, 2.75) is 31.9 Å². The van der Waals surface area contributed by atoms with E-state index in [1.54, 1.807) is 6.07 Å². The summed E-state index contributed by atoms with van der Waals surface area (Å²) in [5, 5.41) is 18.7. The molecule has 5 heteroatoms. The number of carboxylic acid groups (broad SMARTS) is 1. The highest BCUT2D eigenvalue weighted by molar-refractivity contribution is 5.85. The average Bonchev–Trinajstić information content (AvgIpc) is 2.32. The first-order valence-electron chi connectivity index (χ1n) is 6.10. The van der Waals surface area contributed by atoms with Gasteiger partial charge in [0, 0.05) is 19.6 Å². The van der Waals surface area contributed by atoms with Crippen molar-refractivity contribution in [2.75, 3.05) is 13.1 Å². The minimum atomic E-state index is -1.00. The molecule has 1 aliphatic rings. The third-order valence-electron chi connectivity index (χ3n) is 3.34. The summed E-state index contributed by atoms with van der Waals surface area (Å²) in [6.45, 7) is 4.11. The number of hydrogen-bond acceptors (Lipinski definition) is 4. The van der Waals surface area contributed by atoms with Crippen molar-refractivity contribution in [3.63, 3.8) is 0 Å². The highest BCUT2D eigenvalue weighted by atomic mass is 16.4. The largest absolute Gasteiger partial charge is 0.477 e. The fourth-order valence-electron chi connectivity index (χ4n) is 2.11. The molecule has 0 unspecified atom stereocenters. The lowest BCUT2D eigenvalue weighted by Gasteiger charge is -2.35. The zero-order valence-electron chi connectivity index (χ0n) is 10.5. The first-order valence-corrected chi connectivity index (χ1v) is 6.10. The lowest BCUT2D eigenvalue weighted by Crippen LogP contribution is -2.42. The van der Waals surface area contributed by atoms with E-state index in [0.29, 0.717) is 6.54 Å². The molecule has 1 fully saturated rings. The summed E-state index contributed by atoms with van der Waals surface area (Å²) in [4.78, 5) is 17.1. The molecule has 98 valence electrons. The van der Waals surface area contributed by atoms with Crippen LogP contribution in [0.4, 0.5) is 0 Å². The van der Waals surface area contributed by atoms with Crippen LogP contribution < -0.4 is 0 Å². The fraction of sp³-hybridized carbons (Fsp3) is 0.538. The maximum Gasteiger partial charge on any atom is 0.354 e. The van der Waals surface area contributed by atoms with Crippen LogP contribution in [0, 0.1) is 0 Å². The predicted octanol–water partition coefficient (Wildman–Crippen LogP) is 1.13. The number of carboxylic acids is 1. The molecule has 0 saturated carbocycles. The van der Waals surface area contributed by atoms with E-state index in [-0.39, 0.29) is 5.69 Å². The number of aromatic carboxylic acids is 1. The molecule has 1 saturated heterocycles. The summed E-state index contributed by atoms with van der Waals surface area (Å²) in [7, 11) is 0. The molecule has 2 heterocycles. The molecule has 18 heavy (non-hydrogen) atoms. The van der Waals surface area contributed by atoms with Gasteiger partial charge in [-0.25, -0.2) is 9.78 Å². The smallest absolute Gasteiger partial charge is 0.354 e. The molecule has 1 aromatic rings. The van der Waals surface area contributed by atoms with Gasteiger partial charge in [0.05, 0.1) is 11.3 Å². The Morgan fingerprint density at radius 1 is 1.44 bits per heavy atom. The quantitative estimate of drug-likeness (QED) is 0.841. The van der Waals surface area contributed by atoms with E-state index in [1.165, 1.54) is 6.07 Å². The molecule has 0 radical (unpaired) electrons. The van der Waals surface area contributed by atoms with Crippen LogP contribution in [0.15, 0.2) is 18.2 Å². The summed E-state index contributed by atoms with van der Waals surface area (Å²) in [5.74, 6) is -1.00. The van der Waals surface area contributed by atoms with Crippen LogP contribution in [0.1, 0.15) is 35.9 Å². The van der Waals surface area contributed by atoms with E-state index in [0.717, 1.165) is 31.6 Å². The van der Waals surface area contributed by atoms with Gasteiger partial charge in [-0.05, 0) is 31.9 Å². The monoisotopic (exact) mass is 250 g/mol. The molecule has 0 amide bonds. The van der Waals surface area contributed by atoms with Crippen LogP contribution in [0.2, 0.25) is 0 Å². The Bertz CT molecular complexity index is 436. The van der Waals surface area contributed by atoms with Crippen LogP contribution in [-0.2, 0) is 6.54 Å². The van der Waals surface area contributed by atoms with Gasteiger partial charge in [0.25, 0.3) is 0 Å². The lowest BCUT2D eigenvalue weighted by atomic mass is 9.94. The Balaban J connectivity index is 1.98. The van der Waals surface area contributed by atoms with E-state index in [4.69, 9.17) is 5.11 Å². The third-order valence-corrected chi connectivity index (χ3v) is 3.34. The van der Waals surface area contributed by atoms with Crippen LogP contribution in [0.3, 0.4) is 0 Å². The predicted molar refractivity (Wildman–Crippen MR) is 66.3 cm³/mol. The molecule has 2 rings (SSSR count). The number of likely N-dealkylation sites (tertiary alicyclic amines) is 1. The Hall–Kier alpha value is -1.46. The summed E-state index contributed by atoms with van der Waals surface area (Å²) in [6, 6.07) is 5.04. The normalized spacial score (nSPS) is 19.7. The fourth-order valence-corrected chi connectivity index (χ4v) is 2.11. The Labute approximate surface area is 106 Å². The van der Waals surface area contributed by atoms with E-state index in [1.807, 2.05) is 13.0 Å². The molecule has 0 aliphatic carbocycles. The Morgan fingerprint density at radius 2 is 2.11 bits per heavy atom. The van der Waals surface area contributed by atoms with Gasteiger partial charge in [-0.15, -0.1) is 0 Å². The lowest BCUT2D eigenvalue weighted by molar-refractivity contribution is -0.00757. The van der Waals surface area contributed by atoms with E-state index in [9.17, 15) is 9.90 Å². The number of hydrogen-bond donors (Lipinski definition) is 2. The minimum absolute atomic E-state index is 0.0801. The second kappa shape index (κ2) is 5.04. The van der Waals surface area contributed by atoms with Gasteiger partial charge in [-0.1, -0.05) is 6.07 Å². The van der Waals surface area contributed by atoms with Gasteiger partial charge < -0.3 is 10.2 Å². The van der Waals surface area contributed by atoms with Crippen molar-refractivity contribution in [1.29, 1.82) is 0 Å². The van der Waals surface area contributed by atoms with Crippen LogP contribution in [0.5, 0.6) is 0 Å². The van der Waals surface area contributed by atoms with E-state index in [2.05, 4.69) is 9.88 Å². The van der Waals surface area contributed by atoms with Crippen LogP contribution in [-0.4, -0.2) is 44.8 Å². The average molecular weight is 250 g/mol.